The van der Waals surface area contributed by atoms with Gasteiger partial charge < -0.3 is 10.0 Å². The Morgan fingerprint density at radius 1 is 1.47 bits per heavy atom. The fourth-order valence-corrected chi connectivity index (χ4v) is 1.77. The Hall–Kier alpha value is -1.91. The van der Waals surface area contributed by atoms with E-state index in [1.165, 1.54) is 0 Å². The van der Waals surface area contributed by atoms with E-state index in [-0.39, 0.29) is 12.5 Å². The van der Waals surface area contributed by atoms with Crippen LogP contribution in [-0.2, 0) is 16.0 Å². The molecule has 0 saturated heterocycles. The third-order valence-corrected chi connectivity index (χ3v) is 3.00. The number of aryl methyl sites for hydroxylation is 1. The zero-order valence-electron chi connectivity index (χ0n) is 11.4. The Bertz CT molecular complexity index is 420. The number of pyridine rings is 1. The molecule has 19 heavy (non-hydrogen) atoms. The molecule has 0 bridgehead atoms. The molecule has 0 fully saturated rings. The second kappa shape index (κ2) is 7.51. The zero-order valence-corrected chi connectivity index (χ0v) is 11.4. The van der Waals surface area contributed by atoms with Crippen molar-refractivity contribution < 1.29 is 14.7 Å². The van der Waals surface area contributed by atoms with Gasteiger partial charge in [0.25, 0.3) is 0 Å². The van der Waals surface area contributed by atoms with Crippen LogP contribution in [0.3, 0.4) is 0 Å². The highest BCUT2D eigenvalue weighted by Gasteiger charge is 2.18. The van der Waals surface area contributed by atoms with E-state index >= 15 is 0 Å². The summed E-state index contributed by atoms with van der Waals surface area (Å²) in [6.45, 7) is 4.26. The topological polar surface area (TPSA) is 70.5 Å². The molecule has 0 aromatic carbocycles. The zero-order chi connectivity index (χ0) is 14.3. The number of rotatable bonds is 7. The minimum atomic E-state index is -0.876. The quantitative estimate of drug-likeness (QED) is 0.811. The van der Waals surface area contributed by atoms with Crippen molar-refractivity contribution >= 4 is 11.9 Å². The summed E-state index contributed by atoms with van der Waals surface area (Å²) in [5.41, 5.74) is 1.01. The van der Waals surface area contributed by atoms with Gasteiger partial charge in [0, 0.05) is 31.9 Å². The average Bonchev–Trinajstić information content (AvgIpc) is 2.42. The number of carboxylic acid groups (broad SMARTS) is 1. The van der Waals surface area contributed by atoms with Gasteiger partial charge in [-0.1, -0.05) is 13.0 Å². The van der Waals surface area contributed by atoms with Crippen LogP contribution in [0, 0.1) is 5.92 Å². The van der Waals surface area contributed by atoms with Crippen molar-refractivity contribution in [2.24, 2.45) is 5.92 Å². The van der Waals surface area contributed by atoms with Gasteiger partial charge in [0.05, 0.1) is 5.92 Å². The van der Waals surface area contributed by atoms with Gasteiger partial charge in [0.15, 0.2) is 0 Å². The minimum absolute atomic E-state index is 0.0144. The monoisotopic (exact) mass is 264 g/mol. The molecule has 1 N–H and O–H groups in total. The maximum Gasteiger partial charge on any atom is 0.308 e. The summed E-state index contributed by atoms with van der Waals surface area (Å²) in [6.07, 6.45) is 4.44. The lowest BCUT2D eigenvalue weighted by atomic mass is 10.1. The van der Waals surface area contributed by atoms with Crippen molar-refractivity contribution in [1.29, 1.82) is 0 Å². The van der Waals surface area contributed by atoms with E-state index in [9.17, 15) is 9.59 Å². The van der Waals surface area contributed by atoms with Gasteiger partial charge in [-0.3, -0.25) is 14.6 Å². The second-order valence-electron chi connectivity index (χ2n) is 4.53. The van der Waals surface area contributed by atoms with Crippen molar-refractivity contribution in [3.05, 3.63) is 30.1 Å². The lowest BCUT2D eigenvalue weighted by Crippen LogP contribution is -2.36. The number of carboxylic acids is 1. The largest absolute Gasteiger partial charge is 0.481 e. The van der Waals surface area contributed by atoms with Gasteiger partial charge in [0.2, 0.25) is 5.91 Å². The molecule has 1 amide bonds. The summed E-state index contributed by atoms with van der Waals surface area (Å²) in [6, 6.07) is 3.76. The maximum absolute atomic E-state index is 12.0. The number of hydrogen-bond donors (Lipinski definition) is 1. The highest BCUT2D eigenvalue weighted by molar-refractivity contribution is 5.77. The van der Waals surface area contributed by atoms with Crippen LogP contribution in [0.25, 0.3) is 0 Å². The summed E-state index contributed by atoms with van der Waals surface area (Å²) >= 11 is 0. The molecule has 0 aliphatic carbocycles. The Kier molecular flexibility index (Phi) is 5.99. The van der Waals surface area contributed by atoms with Crippen LogP contribution in [-0.4, -0.2) is 40.0 Å². The van der Waals surface area contributed by atoms with E-state index < -0.39 is 11.9 Å². The minimum Gasteiger partial charge on any atom is -0.481 e. The summed E-state index contributed by atoms with van der Waals surface area (Å²) in [5, 5.41) is 8.87. The summed E-state index contributed by atoms with van der Waals surface area (Å²) < 4.78 is 0. The Morgan fingerprint density at radius 2 is 2.21 bits per heavy atom. The smallest absolute Gasteiger partial charge is 0.308 e. The Labute approximate surface area is 113 Å². The van der Waals surface area contributed by atoms with Crippen molar-refractivity contribution in [1.82, 2.24) is 9.88 Å². The van der Waals surface area contributed by atoms with E-state index in [2.05, 4.69) is 4.98 Å². The number of carbonyl (C=O) groups excluding carboxylic acids is 1. The maximum atomic E-state index is 12.0. The fraction of sp³-hybridized carbons (Fsp3) is 0.500. The fourth-order valence-electron chi connectivity index (χ4n) is 1.77. The van der Waals surface area contributed by atoms with Crippen LogP contribution in [0.2, 0.25) is 0 Å². The lowest BCUT2D eigenvalue weighted by molar-refractivity contribution is -0.143. The third kappa shape index (κ3) is 5.07. The number of hydrogen-bond acceptors (Lipinski definition) is 3. The van der Waals surface area contributed by atoms with Gasteiger partial charge in [-0.25, -0.2) is 0 Å². The molecule has 5 heteroatoms. The van der Waals surface area contributed by atoms with Crippen molar-refractivity contribution in [2.75, 3.05) is 13.1 Å². The van der Waals surface area contributed by atoms with Crippen LogP contribution >= 0.6 is 0 Å². The first-order chi connectivity index (χ1) is 9.04. The third-order valence-electron chi connectivity index (χ3n) is 3.00. The van der Waals surface area contributed by atoms with Gasteiger partial charge in [0.1, 0.15) is 0 Å². The van der Waals surface area contributed by atoms with Crippen molar-refractivity contribution in [3.63, 3.8) is 0 Å². The van der Waals surface area contributed by atoms with E-state index in [4.69, 9.17) is 5.11 Å². The Morgan fingerprint density at radius 3 is 2.74 bits per heavy atom. The first-order valence-electron chi connectivity index (χ1n) is 6.44. The predicted molar refractivity (Wildman–Crippen MR) is 71.6 cm³/mol. The van der Waals surface area contributed by atoms with E-state index in [1.807, 2.05) is 19.1 Å². The molecule has 0 aliphatic rings. The van der Waals surface area contributed by atoms with Crippen LogP contribution in [0.1, 0.15) is 25.8 Å². The molecular weight excluding hydrogens is 244 g/mol. The van der Waals surface area contributed by atoms with E-state index in [0.29, 0.717) is 19.4 Å². The number of nitrogens with zero attached hydrogens (tertiary/aromatic N) is 2. The molecular formula is C14H20N2O3. The summed E-state index contributed by atoms with van der Waals surface area (Å²) in [4.78, 5) is 28.4. The standard InChI is InChI=1S/C14H20N2O3/c1-3-16(10-11(2)14(18)19)13(17)7-6-12-5-4-8-15-9-12/h4-5,8-9,11H,3,6-7,10H2,1-2H3,(H,18,19). The molecule has 1 aromatic rings. The molecule has 0 saturated carbocycles. The highest BCUT2D eigenvalue weighted by atomic mass is 16.4. The normalized spacial score (nSPS) is 11.9. The highest BCUT2D eigenvalue weighted by Crippen LogP contribution is 2.06. The van der Waals surface area contributed by atoms with Crippen LogP contribution < -0.4 is 0 Å². The Balaban J connectivity index is 2.48. The van der Waals surface area contributed by atoms with E-state index in [0.717, 1.165) is 5.56 Å². The van der Waals surface area contributed by atoms with Crippen molar-refractivity contribution in [2.45, 2.75) is 26.7 Å². The first-order valence-corrected chi connectivity index (χ1v) is 6.44. The number of aliphatic carboxylic acids is 1. The molecule has 104 valence electrons. The molecule has 0 spiro atoms. The molecule has 1 atom stereocenters. The second-order valence-corrected chi connectivity index (χ2v) is 4.53. The average molecular weight is 264 g/mol. The van der Waals surface area contributed by atoms with Crippen LogP contribution in [0.4, 0.5) is 0 Å². The molecule has 1 rings (SSSR count). The van der Waals surface area contributed by atoms with Crippen molar-refractivity contribution in [3.8, 4) is 0 Å². The lowest BCUT2D eigenvalue weighted by Gasteiger charge is -2.22. The van der Waals surface area contributed by atoms with Crippen LogP contribution in [0.15, 0.2) is 24.5 Å². The summed E-state index contributed by atoms with van der Waals surface area (Å²) in [5.74, 6) is -1.43. The molecule has 0 radical (unpaired) electrons. The summed E-state index contributed by atoms with van der Waals surface area (Å²) in [7, 11) is 0. The molecule has 0 aliphatic heterocycles. The predicted octanol–water partition coefficient (Wildman–Crippen LogP) is 1.58. The van der Waals surface area contributed by atoms with Gasteiger partial charge in [-0.15, -0.1) is 0 Å². The molecule has 1 aromatic heterocycles. The number of carbonyl (C=O) groups is 2. The molecule has 1 unspecified atom stereocenters. The SMILES string of the molecule is CCN(CC(C)C(=O)O)C(=O)CCc1cccnc1. The van der Waals surface area contributed by atoms with Gasteiger partial charge in [-0.2, -0.15) is 0 Å². The molecule has 5 nitrogen and oxygen atoms in total. The number of aromatic nitrogens is 1. The first kappa shape index (κ1) is 15.1. The van der Waals surface area contributed by atoms with Gasteiger partial charge in [-0.05, 0) is 25.0 Å². The van der Waals surface area contributed by atoms with E-state index in [1.54, 1.807) is 24.2 Å². The van der Waals surface area contributed by atoms with Crippen LogP contribution in [0.5, 0.6) is 0 Å². The number of amides is 1. The van der Waals surface area contributed by atoms with Gasteiger partial charge >= 0.3 is 5.97 Å². The molecule has 1 heterocycles.